The second kappa shape index (κ2) is 7.32. The summed E-state index contributed by atoms with van der Waals surface area (Å²) in [5.41, 5.74) is 0.406. The molecule has 0 saturated heterocycles. The molecule has 1 N–H and O–H groups in total. The number of hydrogen-bond acceptors (Lipinski definition) is 1. The predicted molar refractivity (Wildman–Crippen MR) is 74.8 cm³/mol. The Balaban J connectivity index is 4.04. The first kappa shape index (κ1) is 16.0. The van der Waals surface area contributed by atoms with Crippen molar-refractivity contribution in [2.75, 3.05) is 6.54 Å². The molecule has 2 atom stereocenters. The minimum absolute atomic E-state index is 0.406. The topological polar surface area (TPSA) is 12.0 Å². The van der Waals surface area contributed by atoms with Crippen LogP contribution in [0.1, 0.15) is 67.7 Å². The van der Waals surface area contributed by atoms with Gasteiger partial charge in [-0.05, 0) is 30.1 Å². The summed E-state index contributed by atoms with van der Waals surface area (Å²) < 4.78 is 0. The van der Waals surface area contributed by atoms with Gasteiger partial charge in [0.15, 0.2) is 0 Å². The zero-order chi connectivity index (χ0) is 12.8. The van der Waals surface area contributed by atoms with Gasteiger partial charge in [0.25, 0.3) is 0 Å². The molecule has 0 bridgehead atoms. The van der Waals surface area contributed by atoms with Gasteiger partial charge in [-0.3, -0.25) is 0 Å². The van der Waals surface area contributed by atoms with Crippen LogP contribution in [0.25, 0.3) is 0 Å². The van der Waals surface area contributed by atoms with Crippen LogP contribution >= 0.6 is 0 Å². The summed E-state index contributed by atoms with van der Waals surface area (Å²) in [7, 11) is 0. The molecule has 1 nitrogen and oxygen atoms in total. The van der Waals surface area contributed by atoms with Crippen LogP contribution in [0.3, 0.4) is 0 Å². The molecule has 0 aliphatic heterocycles. The van der Waals surface area contributed by atoms with Gasteiger partial charge in [-0.1, -0.05) is 54.9 Å². The normalized spacial score (nSPS) is 16.5. The maximum Gasteiger partial charge on any atom is 0.00672 e. The summed E-state index contributed by atoms with van der Waals surface area (Å²) in [6, 6.07) is 0.702. The second-order valence-corrected chi connectivity index (χ2v) is 6.38. The molecule has 0 radical (unpaired) electrons. The van der Waals surface area contributed by atoms with Gasteiger partial charge >= 0.3 is 0 Å². The fourth-order valence-electron chi connectivity index (χ4n) is 1.66. The lowest BCUT2D eigenvalue weighted by molar-refractivity contribution is 0.220. The Hall–Kier alpha value is -0.0400. The zero-order valence-corrected chi connectivity index (χ0v) is 12.6. The van der Waals surface area contributed by atoms with E-state index in [0.717, 1.165) is 18.4 Å². The SMILES string of the molecule is CCC(C)CC(CC)NCC(C)(C)C(C)C. The van der Waals surface area contributed by atoms with Crippen LogP contribution in [0.4, 0.5) is 0 Å². The van der Waals surface area contributed by atoms with E-state index in [1.54, 1.807) is 0 Å². The average molecular weight is 227 g/mol. The van der Waals surface area contributed by atoms with E-state index in [4.69, 9.17) is 0 Å². The van der Waals surface area contributed by atoms with Gasteiger partial charge < -0.3 is 5.32 Å². The van der Waals surface area contributed by atoms with Gasteiger partial charge in [0.05, 0.1) is 0 Å². The standard InChI is InChI=1S/C15H33N/c1-8-13(5)10-14(9-2)16-11-15(6,7)12(3)4/h12-14,16H,8-11H2,1-7H3. The maximum atomic E-state index is 3.76. The van der Waals surface area contributed by atoms with Crippen molar-refractivity contribution in [3.05, 3.63) is 0 Å². The Morgan fingerprint density at radius 1 is 1.00 bits per heavy atom. The van der Waals surface area contributed by atoms with Crippen molar-refractivity contribution >= 4 is 0 Å². The summed E-state index contributed by atoms with van der Waals surface area (Å²) in [5.74, 6) is 1.58. The highest BCUT2D eigenvalue weighted by atomic mass is 14.9. The molecule has 0 aromatic heterocycles. The van der Waals surface area contributed by atoms with Gasteiger partial charge in [0.2, 0.25) is 0 Å². The minimum atomic E-state index is 0.406. The highest BCUT2D eigenvalue weighted by molar-refractivity contribution is 4.78. The van der Waals surface area contributed by atoms with E-state index in [-0.39, 0.29) is 0 Å². The Labute approximate surface area is 103 Å². The summed E-state index contributed by atoms with van der Waals surface area (Å²) in [6.07, 6.45) is 3.87. The summed E-state index contributed by atoms with van der Waals surface area (Å²) in [5, 5.41) is 3.76. The fourth-order valence-corrected chi connectivity index (χ4v) is 1.66. The second-order valence-electron chi connectivity index (χ2n) is 6.38. The third-order valence-corrected chi connectivity index (χ3v) is 4.29. The molecular formula is C15H33N. The lowest BCUT2D eigenvalue weighted by Crippen LogP contribution is -2.39. The summed E-state index contributed by atoms with van der Waals surface area (Å²) in [4.78, 5) is 0. The first-order chi connectivity index (χ1) is 7.33. The van der Waals surface area contributed by atoms with Crippen LogP contribution in [0.2, 0.25) is 0 Å². The van der Waals surface area contributed by atoms with Crippen molar-refractivity contribution in [3.63, 3.8) is 0 Å². The number of hydrogen-bond donors (Lipinski definition) is 1. The predicted octanol–water partition coefficient (Wildman–Crippen LogP) is 4.47. The van der Waals surface area contributed by atoms with Crippen molar-refractivity contribution in [3.8, 4) is 0 Å². The van der Waals surface area contributed by atoms with Crippen molar-refractivity contribution < 1.29 is 0 Å². The molecule has 0 aliphatic carbocycles. The smallest absolute Gasteiger partial charge is 0.00672 e. The molecule has 0 heterocycles. The highest BCUT2D eigenvalue weighted by Gasteiger charge is 2.23. The molecule has 0 aromatic carbocycles. The van der Waals surface area contributed by atoms with Crippen molar-refractivity contribution in [2.45, 2.75) is 73.8 Å². The van der Waals surface area contributed by atoms with E-state index in [1.807, 2.05) is 0 Å². The maximum absolute atomic E-state index is 3.76. The number of rotatable bonds is 8. The zero-order valence-electron chi connectivity index (χ0n) is 12.6. The summed E-state index contributed by atoms with van der Waals surface area (Å²) >= 11 is 0. The molecule has 0 rings (SSSR count). The van der Waals surface area contributed by atoms with Crippen molar-refractivity contribution in [1.82, 2.24) is 5.32 Å². The van der Waals surface area contributed by atoms with E-state index in [0.29, 0.717) is 11.5 Å². The van der Waals surface area contributed by atoms with Crippen LogP contribution in [0.15, 0.2) is 0 Å². The largest absolute Gasteiger partial charge is 0.313 e. The third-order valence-electron chi connectivity index (χ3n) is 4.29. The van der Waals surface area contributed by atoms with Crippen LogP contribution in [0.5, 0.6) is 0 Å². The molecule has 0 amide bonds. The van der Waals surface area contributed by atoms with Gasteiger partial charge in [-0.15, -0.1) is 0 Å². The lowest BCUT2D eigenvalue weighted by atomic mass is 9.81. The van der Waals surface area contributed by atoms with E-state index in [2.05, 4.69) is 53.8 Å². The van der Waals surface area contributed by atoms with Crippen LogP contribution in [-0.2, 0) is 0 Å². The van der Waals surface area contributed by atoms with Gasteiger partial charge in [0.1, 0.15) is 0 Å². The van der Waals surface area contributed by atoms with Crippen molar-refractivity contribution in [2.24, 2.45) is 17.3 Å². The van der Waals surface area contributed by atoms with Crippen LogP contribution in [-0.4, -0.2) is 12.6 Å². The molecule has 98 valence electrons. The Morgan fingerprint density at radius 3 is 1.94 bits per heavy atom. The van der Waals surface area contributed by atoms with Crippen molar-refractivity contribution in [1.29, 1.82) is 0 Å². The first-order valence-electron chi connectivity index (χ1n) is 7.06. The van der Waals surface area contributed by atoms with Crippen LogP contribution in [0, 0.1) is 17.3 Å². The summed E-state index contributed by atoms with van der Waals surface area (Å²) in [6.45, 7) is 17.4. The van der Waals surface area contributed by atoms with Crippen LogP contribution < -0.4 is 5.32 Å². The van der Waals surface area contributed by atoms with E-state index in [9.17, 15) is 0 Å². The quantitative estimate of drug-likeness (QED) is 0.645. The van der Waals surface area contributed by atoms with E-state index in [1.165, 1.54) is 19.3 Å². The van der Waals surface area contributed by atoms with E-state index >= 15 is 0 Å². The molecule has 0 aliphatic rings. The molecular weight excluding hydrogens is 194 g/mol. The lowest BCUT2D eigenvalue weighted by Gasteiger charge is -2.32. The molecule has 0 saturated carbocycles. The Morgan fingerprint density at radius 2 is 1.56 bits per heavy atom. The molecule has 2 unspecified atom stereocenters. The molecule has 0 fully saturated rings. The number of nitrogens with one attached hydrogen (secondary N) is 1. The molecule has 0 spiro atoms. The van der Waals surface area contributed by atoms with Gasteiger partial charge in [-0.25, -0.2) is 0 Å². The molecule has 1 heteroatoms. The van der Waals surface area contributed by atoms with Gasteiger partial charge in [0, 0.05) is 12.6 Å². The minimum Gasteiger partial charge on any atom is -0.313 e. The van der Waals surface area contributed by atoms with Gasteiger partial charge in [-0.2, -0.15) is 0 Å². The van der Waals surface area contributed by atoms with E-state index < -0.39 is 0 Å². The molecule has 0 aromatic rings. The fraction of sp³-hybridized carbons (Fsp3) is 1.00. The Bertz CT molecular complexity index is 172. The molecule has 16 heavy (non-hydrogen) atoms. The monoisotopic (exact) mass is 227 g/mol. The highest BCUT2D eigenvalue weighted by Crippen LogP contribution is 2.25. The average Bonchev–Trinajstić information content (AvgIpc) is 2.23. The third kappa shape index (κ3) is 5.89. The Kier molecular flexibility index (Phi) is 7.30. The first-order valence-corrected chi connectivity index (χ1v) is 7.06.